The fourth-order valence-electron chi connectivity index (χ4n) is 5.17. The topological polar surface area (TPSA) is 172 Å². The summed E-state index contributed by atoms with van der Waals surface area (Å²) >= 11 is 0. The number of hydrogen-bond donors (Lipinski definition) is 5. The van der Waals surface area contributed by atoms with Crippen LogP contribution in [0.2, 0.25) is 0 Å². The van der Waals surface area contributed by atoms with Gasteiger partial charge < -0.3 is 35.8 Å². The van der Waals surface area contributed by atoms with Crippen LogP contribution >= 0.6 is 0 Å². The first-order valence-electron chi connectivity index (χ1n) is 12.7. The number of nitrogens with one attached hydrogen (secondary N) is 1. The summed E-state index contributed by atoms with van der Waals surface area (Å²) in [6.07, 6.45) is 4.38. The Labute approximate surface area is 220 Å². The Hall–Kier alpha value is -3.31. The molecule has 0 saturated carbocycles. The lowest BCUT2D eigenvalue weighted by Crippen LogP contribution is -2.51. The number of Topliss-reactive ketones (excluding diaryl/α,β-unsaturated/α-hetero) is 2. The molecule has 4 rings (SSSR count). The van der Waals surface area contributed by atoms with Crippen LogP contribution in [0.3, 0.4) is 0 Å². The Kier molecular flexibility index (Phi) is 8.17. The summed E-state index contributed by atoms with van der Waals surface area (Å²) in [4.78, 5) is 40.9. The number of ketones is 2. The van der Waals surface area contributed by atoms with E-state index in [4.69, 9.17) is 20.3 Å². The van der Waals surface area contributed by atoms with Crippen molar-refractivity contribution in [1.29, 1.82) is 0 Å². The number of rotatable bonds is 12. The summed E-state index contributed by atoms with van der Waals surface area (Å²) in [5.74, 6) is -1.70. The molecule has 10 heteroatoms. The second kappa shape index (κ2) is 11.2. The Morgan fingerprint density at radius 3 is 2.53 bits per heavy atom. The molecule has 10 nitrogen and oxygen atoms in total. The number of nitrogens with two attached hydrogens (primary N) is 1. The van der Waals surface area contributed by atoms with E-state index in [1.165, 1.54) is 12.1 Å². The number of aliphatic hydroxyl groups is 3. The van der Waals surface area contributed by atoms with E-state index in [0.717, 1.165) is 11.1 Å². The molecule has 38 heavy (non-hydrogen) atoms. The van der Waals surface area contributed by atoms with Crippen molar-refractivity contribution in [2.24, 2.45) is 5.73 Å². The normalized spacial score (nSPS) is 25.3. The number of carbonyl (C=O) groups is 3. The van der Waals surface area contributed by atoms with Gasteiger partial charge in [0.2, 0.25) is 5.78 Å². The highest BCUT2D eigenvalue weighted by Crippen LogP contribution is 2.59. The molecule has 3 unspecified atom stereocenters. The highest BCUT2D eigenvalue weighted by atomic mass is 16.7. The maximum atomic E-state index is 13.8. The van der Waals surface area contributed by atoms with Crippen molar-refractivity contribution in [2.45, 2.75) is 56.3 Å². The number of hydrogen-bond acceptors (Lipinski definition) is 10. The van der Waals surface area contributed by atoms with E-state index in [-0.39, 0.29) is 43.6 Å². The van der Waals surface area contributed by atoms with Crippen LogP contribution in [0, 0.1) is 0 Å². The first kappa shape index (κ1) is 27.7. The number of allylic oxidation sites excluding steroid dienone is 3. The van der Waals surface area contributed by atoms with Crippen molar-refractivity contribution in [2.75, 3.05) is 26.4 Å². The molecule has 0 bridgehead atoms. The van der Waals surface area contributed by atoms with Crippen molar-refractivity contribution in [3.05, 3.63) is 70.1 Å². The number of aliphatic hydroxyl groups excluding tert-OH is 3. The van der Waals surface area contributed by atoms with Gasteiger partial charge in [-0.25, -0.2) is 4.79 Å². The maximum Gasteiger partial charge on any atom is 0.350 e. The first-order valence-corrected chi connectivity index (χ1v) is 12.7. The number of benzene rings is 1. The second-order valence-electron chi connectivity index (χ2n) is 9.87. The Balaban J connectivity index is 1.65. The number of epoxide rings is 1. The van der Waals surface area contributed by atoms with E-state index in [9.17, 15) is 24.6 Å². The third-order valence-corrected chi connectivity index (χ3v) is 7.46. The van der Waals surface area contributed by atoms with Crippen LogP contribution in [-0.2, 0) is 14.3 Å². The molecule has 0 radical (unpaired) electrons. The van der Waals surface area contributed by atoms with Crippen molar-refractivity contribution in [3.63, 3.8) is 0 Å². The van der Waals surface area contributed by atoms with E-state index in [1.807, 2.05) is 19.1 Å². The predicted octanol–water partition coefficient (Wildman–Crippen LogP) is 1.06. The lowest BCUT2D eigenvalue weighted by Gasteiger charge is -2.26. The molecule has 3 aliphatic rings. The van der Waals surface area contributed by atoms with E-state index < -0.39 is 41.4 Å². The van der Waals surface area contributed by atoms with E-state index in [2.05, 4.69) is 5.32 Å². The molecule has 1 aliphatic carbocycles. The first-order chi connectivity index (χ1) is 18.2. The molecule has 1 saturated heterocycles. The summed E-state index contributed by atoms with van der Waals surface area (Å²) in [6, 6.07) is 6.20. The minimum atomic E-state index is -2.21. The smallest absolute Gasteiger partial charge is 0.350 e. The maximum absolute atomic E-state index is 13.8. The highest BCUT2D eigenvalue weighted by Gasteiger charge is 2.85. The zero-order valence-corrected chi connectivity index (χ0v) is 21.4. The standard InChI is InChI=1S/C28H34N2O8/c1-17(8-9-18-10-11-30-23(29)13-18)19(15-32)14-27-24(34)21-6-2-3-7-22(21)25(35)28(27,38-27)26(36)37-20(16-33)5-4-12-31/h2-3,6-7,10,13,20,30-33H,4-5,8-9,11-12,14-16,29H2,1H3. The monoisotopic (exact) mass is 526 g/mol. The average molecular weight is 527 g/mol. The molecular weight excluding hydrogens is 492 g/mol. The van der Waals surface area contributed by atoms with Gasteiger partial charge in [0.25, 0.3) is 5.60 Å². The molecule has 3 atom stereocenters. The van der Waals surface area contributed by atoms with Gasteiger partial charge in [-0.2, -0.15) is 0 Å². The summed E-state index contributed by atoms with van der Waals surface area (Å²) < 4.78 is 11.3. The quantitative estimate of drug-likeness (QED) is 0.115. The SMILES string of the molecule is CC(CCC1=CCNC(N)=C1)=C(CO)CC12OC1(C(=O)OC(CO)CCCO)C(=O)c1ccccc1C2=O. The fraction of sp³-hybridized carbons (Fsp3) is 0.464. The second-order valence-corrected chi connectivity index (χ2v) is 9.87. The Morgan fingerprint density at radius 1 is 1.18 bits per heavy atom. The van der Waals surface area contributed by atoms with Gasteiger partial charge in [-0.15, -0.1) is 0 Å². The summed E-state index contributed by atoms with van der Waals surface area (Å²) in [5.41, 5.74) is 4.32. The molecule has 2 heterocycles. The minimum Gasteiger partial charge on any atom is -0.457 e. The van der Waals surface area contributed by atoms with Gasteiger partial charge in [0.1, 0.15) is 6.10 Å². The molecule has 1 fully saturated rings. The number of dihydropyridines is 1. The minimum absolute atomic E-state index is 0.0620. The zero-order valence-electron chi connectivity index (χ0n) is 21.4. The van der Waals surface area contributed by atoms with Gasteiger partial charge in [0.15, 0.2) is 11.4 Å². The van der Waals surface area contributed by atoms with Gasteiger partial charge >= 0.3 is 5.97 Å². The van der Waals surface area contributed by atoms with Gasteiger partial charge in [-0.3, -0.25) is 9.59 Å². The summed E-state index contributed by atoms with van der Waals surface area (Å²) in [7, 11) is 0. The van der Waals surface area contributed by atoms with Gasteiger partial charge in [0.05, 0.1) is 19.0 Å². The predicted molar refractivity (Wildman–Crippen MR) is 137 cm³/mol. The van der Waals surface area contributed by atoms with Crippen molar-refractivity contribution in [1.82, 2.24) is 5.32 Å². The summed E-state index contributed by atoms with van der Waals surface area (Å²) in [5, 5.41) is 32.0. The van der Waals surface area contributed by atoms with E-state index in [1.54, 1.807) is 12.1 Å². The van der Waals surface area contributed by atoms with Crippen LogP contribution in [-0.4, -0.2) is 76.5 Å². The third-order valence-electron chi connectivity index (χ3n) is 7.46. The highest BCUT2D eigenvalue weighted by molar-refractivity contribution is 6.32. The third kappa shape index (κ3) is 4.80. The van der Waals surface area contributed by atoms with Crippen molar-refractivity contribution < 1.29 is 39.2 Å². The molecule has 2 aliphatic heterocycles. The zero-order chi connectivity index (χ0) is 27.5. The lowest BCUT2D eigenvalue weighted by atomic mass is 9.71. The van der Waals surface area contributed by atoms with Crippen LogP contribution in [0.5, 0.6) is 0 Å². The van der Waals surface area contributed by atoms with Crippen molar-refractivity contribution in [3.8, 4) is 0 Å². The van der Waals surface area contributed by atoms with Crippen LogP contribution in [0.15, 0.2) is 59.0 Å². The molecule has 1 aromatic rings. The Morgan fingerprint density at radius 2 is 1.89 bits per heavy atom. The molecule has 1 aromatic carbocycles. The van der Waals surface area contributed by atoms with Crippen molar-refractivity contribution >= 4 is 17.5 Å². The number of carbonyl (C=O) groups excluding carboxylic acids is 3. The molecular formula is C28H34N2O8. The fourth-order valence-corrected chi connectivity index (χ4v) is 5.17. The summed E-state index contributed by atoms with van der Waals surface area (Å²) in [6.45, 7) is 1.39. The van der Waals surface area contributed by atoms with Crippen LogP contribution in [0.1, 0.15) is 59.7 Å². The van der Waals surface area contributed by atoms with Crippen LogP contribution < -0.4 is 11.1 Å². The van der Waals surface area contributed by atoms with Crippen LogP contribution in [0.4, 0.5) is 0 Å². The molecule has 0 amide bonds. The van der Waals surface area contributed by atoms with Gasteiger partial charge in [0, 0.05) is 30.7 Å². The number of ether oxygens (including phenoxy) is 2. The van der Waals surface area contributed by atoms with E-state index in [0.29, 0.717) is 30.8 Å². The van der Waals surface area contributed by atoms with Gasteiger partial charge in [-0.1, -0.05) is 35.9 Å². The molecule has 0 spiro atoms. The average Bonchev–Trinajstić information content (AvgIpc) is 3.63. The molecule has 204 valence electrons. The largest absolute Gasteiger partial charge is 0.457 e. The number of fused-ring (bicyclic) bond motifs is 2. The molecule has 6 N–H and O–H groups in total. The van der Waals surface area contributed by atoms with Gasteiger partial charge in [-0.05, 0) is 49.8 Å². The molecule has 0 aromatic heterocycles. The van der Waals surface area contributed by atoms with Crippen LogP contribution in [0.25, 0.3) is 0 Å². The lowest BCUT2D eigenvalue weighted by molar-refractivity contribution is -0.156. The number of esters is 1. The Bertz CT molecular complexity index is 1220. The van der Waals surface area contributed by atoms with E-state index >= 15 is 0 Å².